The van der Waals surface area contributed by atoms with Crippen LogP contribution in [0.5, 0.6) is 5.75 Å². The highest BCUT2D eigenvalue weighted by molar-refractivity contribution is 6.30. The van der Waals surface area contributed by atoms with Crippen LogP contribution >= 0.6 is 11.6 Å². The lowest BCUT2D eigenvalue weighted by molar-refractivity contribution is -0.115. The zero-order valence-corrected chi connectivity index (χ0v) is 15.9. The van der Waals surface area contributed by atoms with Crippen molar-refractivity contribution < 1.29 is 9.90 Å². The number of amides is 1. The van der Waals surface area contributed by atoms with E-state index < -0.39 is 0 Å². The van der Waals surface area contributed by atoms with E-state index in [-0.39, 0.29) is 18.1 Å². The minimum atomic E-state index is -0.236. The topological polar surface area (TPSA) is 66.6 Å². The summed E-state index contributed by atoms with van der Waals surface area (Å²) >= 11 is 6.00. The summed E-state index contributed by atoms with van der Waals surface area (Å²) in [5.41, 5.74) is 4.44. The minimum absolute atomic E-state index is 0.0458. The Morgan fingerprint density at radius 2 is 1.93 bits per heavy atom. The van der Waals surface area contributed by atoms with Crippen LogP contribution < -0.4 is 5.32 Å². The van der Waals surface area contributed by atoms with E-state index in [2.05, 4.69) is 5.32 Å². The molecule has 2 N–H and O–H groups in total. The highest BCUT2D eigenvalue weighted by atomic mass is 35.5. The number of phenolic OH excluding ortho intramolecular Hbond substituents is 1. The van der Waals surface area contributed by atoms with Gasteiger partial charge in [-0.25, -0.2) is 4.98 Å². The summed E-state index contributed by atoms with van der Waals surface area (Å²) in [6.45, 7) is 1.88. The van der Waals surface area contributed by atoms with Crippen molar-refractivity contribution in [3.63, 3.8) is 0 Å². The molecule has 0 spiro atoms. The Bertz CT molecular complexity index is 1170. The van der Waals surface area contributed by atoms with E-state index in [0.29, 0.717) is 10.7 Å². The van der Waals surface area contributed by atoms with Crippen LogP contribution in [0.1, 0.15) is 11.3 Å². The SMILES string of the molecule is Cc1ccc(NC(=O)Cc2c(-c3ccc(Cl)cc3)nc3ccccn23)c(O)c1. The zero-order valence-electron chi connectivity index (χ0n) is 15.2. The lowest BCUT2D eigenvalue weighted by Gasteiger charge is -2.09. The maximum atomic E-state index is 12.7. The number of pyridine rings is 1. The molecular weight excluding hydrogens is 374 g/mol. The van der Waals surface area contributed by atoms with Gasteiger partial charge in [-0.15, -0.1) is 0 Å². The van der Waals surface area contributed by atoms with Gasteiger partial charge in [-0.05, 0) is 48.9 Å². The van der Waals surface area contributed by atoms with Gasteiger partial charge in [0.25, 0.3) is 0 Å². The van der Waals surface area contributed by atoms with Crippen LogP contribution in [0.15, 0.2) is 66.9 Å². The first-order chi connectivity index (χ1) is 13.5. The molecule has 1 amide bonds. The normalized spacial score (nSPS) is 10.9. The van der Waals surface area contributed by atoms with Crippen LogP contribution in [-0.4, -0.2) is 20.4 Å². The minimum Gasteiger partial charge on any atom is -0.506 e. The van der Waals surface area contributed by atoms with Crippen LogP contribution in [0.3, 0.4) is 0 Å². The second-order valence-corrected chi connectivity index (χ2v) is 7.02. The molecule has 4 aromatic rings. The summed E-state index contributed by atoms with van der Waals surface area (Å²) in [5, 5.41) is 13.5. The molecule has 0 saturated carbocycles. The fourth-order valence-electron chi connectivity index (χ4n) is 3.15. The number of aromatic nitrogens is 2. The molecule has 0 aliphatic carbocycles. The molecular formula is C22H18ClN3O2. The van der Waals surface area contributed by atoms with Crippen LogP contribution in [0, 0.1) is 6.92 Å². The fourth-order valence-corrected chi connectivity index (χ4v) is 3.27. The Labute approximate surface area is 167 Å². The lowest BCUT2D eigenvalue weighted by atomic mass is 10.1. The maximum Gasteiger partial charge on any atom is 0.230 e. The average Bonchev–Trinajstić information content (AvgIpc) is 3.03. The van der Waals surface area contributed by atoms with Gasteiger partial charge in [0, 0.05) is 16.8 Å². The van der Waals surface area contributed by atoms with E-state index in [0.717, 1.165) is 28.2 Å². The van der Waals surface area contributed by atoms with Crippen molar-refractivity contribution in [2.45, 2.75) is 13.3 Å². The molecule has 28 heavy (non-hydrogen) atoms. The smallest absolute Gasteiger partial charge is 0.230 e. The molecule has 2 heterocycles. The number of carbonyl (C=O) groups excluding carboxylic acids is 1. The first-order valence-corrected chi connectivity index (χ1v) is 9.20. The number of carbonyl (C=O) groups is 1. The number of nitrogens with one attached hydrogen (secondary N) is 1. The van der Waals surface area contributed by atoms with E-state index in [1.165, 1.54) is 0 Å². The molecule has 0 aliphatic heterocycles. The fraction of sp³-hybridized carbons (Fsp3) is 0.0909. The Morgan fingerprint density at radius 1 is 1.14 bits per heavy atom. The number of nitrogens with zero attached hydrogens (tertiary/aromatic N) is 2. The number of rotatable bonds is 4. The predicted molar refractivity (Wildman–Crippen MR) is 111 cm³/mol. The Balaban J connectivity index is 1.70. The van der Waals surface area contributed by atoms with Crippen molar-refractivity contribution in [1.29, 1.82) is 0 Å². The number of anilines is 1. The average molecular weight is 392 g/mol. The van der Waals surface area contributed by atoms with Gasteiger partial charge in [0.2, 0.25) is 5.91 Å². The summed E-state index contributed by atoms with van der Waals surface area (Å²) in [4.78, 5) is 17.4. The second kappa shape index (κ2) is 7.37. The third-order valence-corrected chi connectivity index (χ3v) is 4.75. The molecule has 0 unspecified atom stereocenters. The number of fused-ring (bicyclic) bond motifs is 1. The molecule has 5 nitrogen and oxygen atoms in total. The molecule has 4 rings (SSSR count). The van der Waals surface area contributed by atoms with E-state index >= 15 is 0 Å². The van der Waals surface area contributed by atoms with Crippen LogP contribution in [0.2, 0.25) is 5.02 Å². The van der Waals surface area contributed by atoms with Gasteiger partial charge >= 0.3 is 0 Å². The third kappa shape index (κ3) is 3.57. The number of halogens is 1. The van der Waals surface area contributed by atoms with Gasteiger partial charge in [-0.1, -0.05) is 35.9 Å². The molecule has 0 radical (unpaired) electrons. The lowest BCUT2D eigenvalue weighted by Crippen LogP contribution is -2.16. The van der Waals surface area contributed by atoms with Gasteiger partial charge in [-0.3, -0.25) is 4.79 Å². The van der Waals surface area contributed by atoms with E-state index in [1.807, 2.05) is 53.9 Å². The Hall–Kier alpha value is -3.31. The molecule has 0 aliphatic rings. The van der Waals surface area contributed by atoms with Gasteiger partial charge in [-0.2, -0.15) is 0 Å². The number of aryl methyl sites for hydroxylation is 1. The molecule has 0 saturated heterocycles. The van der Waals surface area contributed by atoms with Crippen molar-refractivity contribution in [3.8, 4) is 17.0 Å². The van der Waals surface area contributed by atoms with Crippen molar-refractivity contribution >= 4 is 28.8 Å². The molecule has 0 bridgehead atoms. The van der Waals surface area contributed by atoms with E-state index in [1.54, 1.807) is 24.3 Å². The van der Waals surface area contributed by atoms with E-state index in [4.69, 9.17) is 16.6 Å². The van der Waals surface area contributed by atoms with Crippen molar-refractivity contribution in [2.75, 3.05) is 5.32 Å². The van der Waals surface area contributed by atoms with E-state index in [9.17, 15) is 9.90 Å². The number of phenols is 1. The summed E-state index contributed by atoms with van der Waals surface area (Å²) in [7, 11) is 0. The summed E-state index contributed by atoms with van der Waals surface area (Å²) in [6, 6.07) is 18.2. The molecule has 6 heteroatoms. The summed E-state index contributed by atoms with van der Waals surface area (Å²) < 4.78 is 1.90. The summed E-state index contributed by atoms with van der Waals surface area (Å²) in [6.07, 6.45) is 1.99. The van der Waals surface area contributed by atoms with Crippen LogP contribution in [0.25, 0.3) is 16.9 Å². The highest BCUT2D eigenvalue weighted by Crippen LogP contribution is 2.28. The zero-order chi connectivity index (χ0) is 19.7. The number of hydrogen-bond donors (Lipinski definition) is 2. The first kappa shape index (κ1) is 18.1. The number of imidazole rings is 1. The second-order valence-electron chi connectivity index (χ2n) is 6.59. The van der Waals surface area contributed by atoms with Crippen LogP contribution in [-0.2, 0) is 11.2 Å². The number of aromatic hydroxyl groups is 1. The van der Waals surface area contributed by atoms with Gasteiger partial charge in [0.15, 0.2) is 0 Å². The summed E-state index contributed by atoms with van der Waals surface area (Å²) in [5.74, 6) is -0.190. The van der Waals surface area contributed by atoms with Crippen molar-refractivity contribution in [2.24, 2.45) is 0 Å². The standard InChI is InChI=1S/C22H18ClN3O2/c1-14-5-10-17(19(27)12-14)24-21(28)13-18-22(15-6-8-16(23)9-7-15)25-20-4-2-3-11-26(18)20/h2-12,27H,13H2,1H3,(H,24,28). The number of hydrogen-bond acceptors (Lipinski definition) is 3. The maximum absolute atomic E-state index is 12.7. The van der Waals surface area contributed by atoms with Crippen molar-refractivity contribution in [1.82, 2.24) is 9.38 Å². The predicted octanol–water partition coefficient (Wildman–Crippen LogP) is 4.85. The first-order valence-electron chi connectivity index (χ1n) is 8.82. The molecule has 2 aromatic carbocycles. The largest absolute Gasteiger partial charge is 0.506 e. The molecule has 0 fully saturated rings. The van der Waals surface area contributed by atoms with Crippen molar-refractivity contribution in [3.05, 3.63) is 83.1 Å². The Kier molecular flexibility index (Phi) is 4.75. The quantitative estimate of drug-likeness (QED) is 0.489. The van der Waals surface area contributed by atoms with Crippen LogP contribution in [0.4, 0.5) is 5.69 Å². The molecule has 0 atom stereocenters. The van der Waals surface area contributed by atoms with Gasteiger partial charge in [0.05, 0.1) is 23.5 Å². The van der Waals surface area contributed by atoms with Gasteiger partial charge in [0.1, 0.15) is 11.4 Å². The monoisotopic (exact) mass is 391 g/mol. The number of benzene rings is 2. The third-order valence-electron chi connectivity index (χ3n) is 4.50. The molecule has 140 valence electrons. The van der Waals surface area contributed by atoms with Gasteiger partial charge < -0.3 is 14.8 Å². The highest BCUT2D eigenvalue weighted by Gasteiger charge is 2.17. The molecule has 2 aromatic heterocycles. The Morgan fingerprint density at radius 3 is 2.68 bits per heavy atom.